The van der Waals surface area contributed by atoms with Gasteiger partial charge in [-0.1, -0.05) is 71.7 Å². The minimum absolute atomic E-state index is 0. The van der Waals surface area contributed by atoms with Crippen molar-refractivity contribution in [3.05, 3.63) is 82.8 Å². The Balaban J connectivity index is 0.00000153. The predicted octanol–water partition coefficient (Wildman–Crippen LogP) is -4.43. The van der Waals surface area contributed by atoms with E-state index >= 15 is 0 Å². The Morgan fingerprint density at radius 3 is 0.969 bits per heavy atom. The topological polar surface area (TPSA) is 281 Å². The van der Waals surface area contributed by atoms with E-state index in [1.165, 1.54) is 60.7 Å². The van der Waals surface area contributed by atoms with E-state index in [2.05, 4.69) is 0 Å². The molecule has 0 aliphatic carbocycles. The standard InChI is InChI=1S/C38H16Cl2N2O14S4.4Na/c39-31-36-38(56-22-10-14-2-4-16-24(58(46,47)48)12-26(60(52,53)54)18-6-8-20(34(22)42-36)28(14)30(16)18)32(40)35-37(31)55-21-9-13-1-3-15-23(57(43,44)45)11-25(59(49,50)51)17-5-7-19(33(21)41-35)27(13)29(15)17;;;;/h1-12H,(H,43,44,45)(H,46,47,48)(H,49,50,51)(H,52,53,54);;;;/q;4*+1/p-4. The Morgan fingerprint density at radius 2 is 0.672 bits per heavy atom. The maximum atomic E-state index is 12.3. The number of benzene rings is 9. The number of hydrogen-bond donors (Lipinski definition) is 0. The van der Waals surface area contributed by atoms with Gasteiger partial charge in [-0.3, -0.25) is 0 Å². The van der Waals surface area contributed by atoms with Crippen LogP contribution in [0.15, 0.2) is 101 Å². The first kappa shape index (κ1) is 50.4. The predicted molar refractivity (Wildman–Crippen MR) is 215 cm³/mol. The third-order valence-electron chi connectivity index (χ3n) is 10.7. The zero-order valence-corrected chi connectivity index (χ0v) is 45.7. The van der Waals surface area contributed by atoms with Crippen molar-refractivity contribution in [2.75, 3.05) is 0 Å². The molecule has 0 aliphatic rings. The number of nitrogens with zero attached hydrogens (tertiary/aromatic N) is 2. The van der Waals surface area contributed by atoms with E-state index in [1.54, 1.807) is 0 Å². The van der Waals surface area contributed by atoms with E-state index in [-0.39, 0.29) is 216 Å². The monoisotopic (exact) mass is 1010 g/mol. The second kappa shape index (κ2) is 16.6. The summed E-state index contributed by atoms with van der Waals surface area (Å²) in [6.07, 6.45) is 0. The van der Waals surface area contributed by atoms with Crippen molar-refractivity contribution < 1.29 is 179 Å². The summed E-state index contributed by atoms with van der Waals surface area (Å²) in [4.78, 5) is 5.96. The van der Waals surface area contributed by atoms with Crippen LogP contribution in [-0.4, -0.2) is 61.9 Å². The molecule has 64 heavy (non-hydrogen) atoms. The molecule has 0 radical (unpaired) electrons. The van der Waals surface area contributed by atoms with Gasteiger partial charge in [0.25, 0.3) is 0 Å². The van der Waals surface area contributed by atoms with E-state index in [0.29, 0.717) is 33.7 Å². The molecule has 9 aromatic carbocycles. The average Bonchev–Trinajstić information content (AvgIpc) is 3.17. The Morgan fingerprint density at radius 1 is 0.391 bits per heavy atom. The van der Waals surface area contributed by atoms with Gasteiger partial charge in [0, 0.05) is 32.3 Å². The Kier molecular flexibility index (Phi) is 13.0. The molecule has 0 aliphatic heterocycles. The van der Waals surface area contributed by atoms with Gasteiger partial charge in [-0.05, 0) is 56.6 Å². The number of fused-ring (bicyclic) bond motifs is 6. The summed E-state index contributed by atoms with van der Waals surface area (Å²) >= 11 is 14.0. The molecule has 0 saturated heterocycles. The zero-order valence-electron chi connectivity index (χ0n) is 32.9. The van der Waals surface area contributed by atoms with Crippen LogP contribution in [0.1, 0.15) is 0 Å². The van der Waals surface area contributed by atoms with Gasteiger partial charge < -0.3 is 27.0 Å². The zero-order chi connectivity index (χ0) is 42.3. The summed E-state index contributed by atoms with van der Waals surface area (Å²) in [5.41, 5.74) is 0.332. The summed E-state index contributed by atoms with van der Waals surface area (Å²) in [6.45, 7) is 0. The van der Waals surface area contributed by atoms with Gasteiger partial charge in [-0.2, -0.15) is 0 Å². The van der Waals surface area contributed by atoms with Gasteiger partial charge in [0.1, 0.15) is 72.6 Å². The number of hydrogen-bond acceptors (Lipinski definition) is 16. The molecule has 16 nitrogen and oxygen atoms in total. The van der Waals surface area contributed by atoms with Crippen LogP contribution in [0.4, 0.5) is 0 Å². The van der Waals surface area contributed by atoms with E-state index < -0.39 is 60.1 Å². The summed E-state index contributed by atoms with van der Waals surface area (Å²) in [6, 6.07) is 15.2. The maximum Gasteiger partial charge on any atom is 1.00 e. The van der Waals surface area contributed by atoms with Crippen molar-refractivity contribution >= 4 is 173 Å². The molecule has 0 unspecified atom stereocenters. The van der Waals surface area contributed by atoms with E-state index in [9.17, 15) is 51.9 Å². The van der Waals surface area contributed by atoms with Crippen molar-refractivity contribution in [3.8, 4) is 0 Å². The Hall–Kier alpha value is -1.52. The van der Waals surface area contributed by atoms with Gasteiger partial charge in [0.2, 0.25) is 0 Å². The quantitative estimate of drug-likeness (QED) is 0.0696. The van der Waals surface area contributed by atoms with E-state index in [1.807, 2.05) is 0 Å². The summed E-state index contributed by atoms with van der Waals surface area (Å²) in [5, 5.41) is 1.15. The Bertz CT molecular complexity index is 4010. The summed E-state index contributed by atoms with van der Waals surface area (Å²) in [7, 11) is -21.1. The van der Waals surface area contributed by atoms with Crippen LogP contribution < -0.4 is 118 Å². The van der Waals surface area contributed by atoms with Crippen molar-refractivity contribution in [2.24, 2.45) is 0 Å². The average molecular weight is 1010 g/mol. The molecule has 26 heteroatoms. The van der Waals surface area contributed by atoms with Crippen molar-refractivity contribution in [1.82, 2.24) is 9.97 Å². The van der Waals surface area contributed by atoms with Crippen LogP contribution in [0.2, 0.25) is 10.0 Å². The van der Waals surface area contributed by atoms with Crippen LogP contribution in [0.25, 0.3) is 109 Å². The number of halogens is 2. The molecule has 0 saturated carbocycles. The Labute approximate surface area is 457 Å². The fourth-order valence-corrected chi connectivity index (χ4v) is 11.9. The molecule has 0 bridgehead atoms. The fraction of sp³-hybridized carbons (Fsp3) is 0. The first-order valence-electron chi connectivity index (χ1n) is 16.9. The van der Waals surface area contributed by atoms with Crippen LogP contribution in [0.3, 0.4) is 0 Å². The summed E-state index contributed by atoms with van der Waals surface area (Å²) < 4.78 is 161. The molecule has 0 N–H and O–H groups in total. The van der Waals surface area contributed by atoms with Gasteiger partial charge >= 0.3 is 118 Å². The SMILES string of the molecule is O=S(=O)([O-])c1cc(S(=O)(=O)[O-])c2ccc3c4nc5c(Cl)c6oc7cc8ccc9c(S(=O)(=O)[O-])cc(S(=O)(=O)[O-])c%10ccc(c7nc6c(Cl)c5oc4cc4ccc1c2c43)c8c9%10.[Na+].[Na+].[Na+].[Na+]. The van der Waals surface area contributed by atoms with E-state index in [4.69, 9.17) is 42.0 Å². The molecule has 0 spiro atoms. The molecule has 11 rings (SSSR count). The van der Waals surface area contributed by atoms with Gasteiger partial charge in [-0.25, -0.2) is 43.6 Å². The van der Waals surface area contributed by atoms with Gasteiger partial charge in [-0.15, -0.1) is 0 Å². The van der Waals surface area contributed by atoms with Crippen molar-refractivity contribution in [1.29, 1.82) is 0 Å². The van der Waals surface area contributed by atoms with Crippen LogP contribution in [0.5, 0.6) is 0 Å². The molecule has 0 atom stereocenters. The van der Waals surface area contributed by atoms with Gasteiger partial charge in [0.05, 0.1) is 19.6 Å². The minimum atomic E-state index is -5.27. The molecular weight excluding hydrogens is 1000 g/mol. The third-order valence-corrected chi connectivity index (χ3v) is 14.9. The number of aromatic nitrogens is 2. The minimum Gasteiger partial charge on any atom is -0.744 e. The fourth-order valence-electron chi connectivity index (χ4n) is 8.40. The van der Waals surface area contributed by atoms with Crippen LogP contribution in [0, 0.1) is 0 Å². The van der Waals surface area contributed by atoms with Gasteiger partial charge in [0.15, 0.2) is 22.3 Å². The second-order valence-corrected chi connectivity index (χ2v) is 20.1. The molecule has 300 valence electrons. The smallest absolute Gasteiger partial charge is 0.744 e. The maximum absolute atomic E-state index is 12.3. The molecule has 2 aromatic heterocycles. The molecule has 2 heterocycles. The van der Waals surface area contributed by atoms with Crippen molar-refractivity contribution in [2.45, 2.75) is 19.6 Å². The normalized spacial score (nSPS) is 12.8. The third kappa shape index (κ3) is 7.36. The van der Waals surface area contributed by atoms with Crippen LogP contribution in [-0.2, 0) is 40.5 Å². The molecule has 0 fully saturated rings. The first-order chi connectivity index (χ1) is 28.1. The summed E-state index contributed by atoms with van der Waals surface area (Å²) in [5.74, 6) is 0. The first-order valence-corrected chi connectivity index (χ1v) is 23.2. The number of rotatable bonds is 4. The molecule has 0 amide bonds. The van der Waals surface area contributed by atoms with Crippen molar-refractivity contribution in [3.63, 3.8) is 0 Å². The van der Waals surface area contributed by atoms with Crippen LogP contribution >= 0.6 is 23.2 Å². The van der Waals surface area contributed by atoms with E-state index in [0.717, 1.165) is 0 Å². The largest absolute Gasteiger partial charge is 1.00 e. The second-order valence-electron chi connectivity index (χ2n) is 13.9. The molecule has 11 aromatic rings. The molecular formula is C38H12Cl2N2Na4O14S4.